The van der Waals surface area contributed by atoms with Crippen molar-refractivity contribution in [1.82, 2.24) is 15.0 Å². The molecule has 0 saturated carbocycles. The summed E-state index contributed by atoms with van der Waals surface area (Å²) in [5.41, 5.74) is 2.41. The monoisotopic (exact) mass is 268 g/mol. The Morgan fingerprint density at radius 2 is 2.32 bits per heavy atom. The Labute approximate surface area is 112 Å². The van der Waals surface area contributed by atoms with Gasteiger partial charge in [-0.15, -0.1) is 0 Å². The van der Waals surface area contributed by atoms with Gasteiger partial charge in [-0.05, 0) is 20.3 Å². The molecule has 1 saturated heterocycles. The topological polar surface area (TPSA) is 109 Å². The lowest BCUT2D eigenvalue weighted by Gasteiger charge is -2.18. The largest absolute Gasteiger partial charge is 0.464 e. The van der Waals surface area contributed by atoms with Crippen molar-refractivity contribution in [3.63, 3.8) is 0 Å². The highest BCUT2D eigenvalue weighted by molar-refractivity contribution is 5.38. The molecule has 0 radical (unpaired) electrons. The molecule has 8 heteroatoms. The molecule has 2 atom stereocenters. The molecule has 1 aromatic rings. The number of anilines is 2. The first-order valence-corrected chi connectivity index (χ1v) is 6.42. The van der Waals surface area contributed by atoms with Crippen LogP contribution in [0.5, 0.6) is 6.01 Å². The second-order valence-corrected chi connectivity index (χ2v) is 4.55. The van der Waals surface area contributed by atoms with Crippen molar-refractivity contribution in [2.75, 3.05) is 30.0 Å². The number of aliphatic hydroxyl groups is 1. The average molecular weight is 268 g/mol. The number of hydrogen-bond donors (Lipinski definition) is 3. The number of ether oxygens (including phenoxy) is 1. The quantitative estimate of drug-likeness (QED) is 0.496. The summed E-state index contributed by atoms with van der Waals surface area (Å²) < 4.78 is 5.29. The van der Waals surface area contributed by atoms with Crippen molar-refractivity contribution >= 4 is 11.9 Å². The van der Waals surface area contributed by atoms with Gasteiger partial charge in [0.1, 0.15) is 0 Å². The molecule has 1 aromatic heterocycles. The normalized spacial score (nSPS) is 20.4. The van der Waals surface area contributed by atoms with Gasteiger partial charge in [-0.3, -0.25) is 5.43 Å². The number of nitrogen functional groups attached to an aromatic ring is 1. The molecule has 0 aliphatic carbocycles. The van der Waals surface area contributed by atoms with Crippen molar-refractivity contribution in [2.24, 2.45) is 11.8 Å². The number of hydrazine groups is 1. The van der Waals surface area contributed by atoms with Gasteiger partial charge in [0, 0.05) is 19.0 Å². The molecule has 106 valence electrons. The summed E-state index contributed by atoms with van der Waals surface area (Å²) in [5.74, 6) is 6.37. The molecule has 4 N–H and O–H groups in total. The molecule has 0 bridgehead atoms. The summed E-state index contributed by atoms with van der Waals surface area (Å²) in [7, 11) is 0. The van der Waals surface area contributed by atoms with Crippen LogP contribution in [0, 0.1) is 5.92 Å². The fraction of sp³-hybridized carbons (Fsp3) is 0.727. The minimum Gasteiger partial charge on any atom is -0.464 e. The van der Waals surface area contributed by atoms with Gasteiger partial charge >= 0.3 is 6.01 Å². The molecule has 0 spiro atoms. The first-order valence-electron chi connectivity index (χ1n) is 6.42. The molecule has 19 heavy (non-hydrogen) atoms. The highest BCUT2D eigenvalue weighted by atomic mass is 16.5. The third-order valence-electron chi connectivity index (χ3n) is 3.20. The van der Waals surface area contributed by atoms with E-state index in [9.17, 15) is 5.11 Å². The van der Waals surface area contributed by atoms with Crippen LogP contribution in [0.4, 0.5) is 11.9 Å². The van der Waals surface area contributed by atoms with Crippen LogP contribution in [0.1, 0.15) is 20.3 Å². The molecule has 8 nitrogen and oxygen atoms in total. The summed E-state index contributed by atoms with van der Waals surface area (Å²) in [6, 6.07) is 0.251. The van der Waals surface area contributed by atoms with Gasteiger partial charge in [0.25, 0.3) is 0 Å². The highest BCUT2D eigenvalue weighted by Gasteiger charge is 2.28. The van der Waals surface area contributed by atoms with Crippen molar-refractivity contribution in [3.05, 3.63) is 0 Å². The maximum atomic E-state index is 9.62. The van der Waals surface area contributed by atoms with Crippen LogP contribution >= 0.6 is 0 Å². The number of aliphatic hydroxyl groups excluding tert-OH is 1. The van der Waals surface area contributed by atoms with E-state index in [2.05, 4.69) is 20.4 Å². The number of rotatable bonds is 5. The van der Waals surface area contributed by atoms with E-state index < -0.39 is 0 Å². The summed E-state index contributed by atoms with van der Waals surface area (Å²) in [4.78, 5) is 14.5. The number of hydrogen-bond acceptors (Lipinski definition) is 8. The fourth-order valence-corrected chi connectivity index (χ4v) is 2.11. The molecule has 2 heterocycles. The van der Waals surface area contributed by atoms with Crippen LogP contribution < -0.4 is 20.9 Å². The van der Waals surface area contributed by atoms with Gasteiger partial charge in [0.05, 0.1) is 12.7 Å². The zero-order valence-corrected chi connectivity index (χ0v) is 11.2. The van der Waals surface area contributed by atoms with E-state index >= 15 is 0 Å². The standard InChI is InChI=1S/C11H20N6O2/c1-3-19-11-14-9(16-12)13-10(15-11)17-5-4-8(6-17)7(2)18/h7-8,18H,3-6,12H2,1-2H3,(H,13,14,15,16). The molecule has 1 aliphatic heterocycles. The zero-order chi connectivity index (χ0) is 13.8. The van der Waals surface area contributed by atoms with Crippen molar-refractivity contribution in [1.29, 1.82) is 0 Å². The Balaban J connectivity index is 2.17. The van der Waals surface area contributed by atoms with E-state index in [-0.39, 0.29) is 24.0 Å². The maximum Gasteiger partial charge on any atom is 0.323 e. The predicted molar refractivity (Wildman–Crippen MR) is 70.8 cm³/mol. The lowest BCUT2D eigenvalue weighted by Crippen LogP contribution is -2.26. The molecular weight excluding hydrogens is 248 g/mol. The van der Waals surface area contributed by atoms with E-state index in [1.807, 2.05) is 11.8 Å². The lowest BCUT2D eigenvalue weighted by atomic mass is 10.0. The van der Waals surface area contributed by atoms with Crippen molar-refractivity contribution in [3.8, 4) is 6.01 Å². The molecular formula is C11H20N6O2. The van der Waals surface area contributed by atoms with Crippen LogP contribution in [-0.4, -0.2) is 45.9 Å². The first-order chi connectivity index (χ1) is 9.13. The molecule has 0 aromatic carbocycles. The SMILES string of the molecule is CCOc1nc(NN)nc(N2CCC(C(C)O)C2)n1. The van der Waals surface area contributed by atoms with Gasteiger partial charge in [-0.1, -0.05) is 0 Å². The number of nitrogens with zero attached hydrogens (tertiary/aromatic N) is 4. The average Bonchev–Trinajstić information content (AvgIpc) is 2.88. The third-order valence-corrected chi connectivity index (χ3v) is 3.20. The molecule has 0 amide bonds. The van der Waals surface area contributed by atoms with Crippen LogP contribution in [-0.2, 0) is 0 Å². The second-order valence-electron chi connectivity index (χ2n) is 4.55. The molecule has 1 aliphatic rings. The molecule has 2 rings (SSSR count). The van der Waals surface area contributed by atoms with Gasteiger partial charge < -0.3 is 14.7 Å². The van der Waals surface area contributed by atoms with Gasteiger partial charge in [-0.25, -0.2) is 5.84 Å². The van der Waals surface area contributed by atoms with Crippen LogP contribution in [0.2, 0.25) is 0 Å². The first kappa shape index (κ1) is 13.8. The van der Waals surface area contributed by atoms with Gasteiger partial charge in [0.15, 0.2) is 0 Å². The lowest BCUT2D eigenvalue weighted by molar-refractivity contribution is 0.136. The van der Waals surface area contributed by atoms with E-state index in [1.165, 1.54) is 0 Å². The van der Waals surface area contributed by atoms with Crippen molar-refractivity contribution in [2.45, 2.75) is 26.4 Å². The number of nitrogens with one attached hydrogen (secondary N) is 1. The Morgan fingerprint density at radius 1 is 1.53 bits per heavy atom. The van der Waals surface area contributed by atoms with E-state index in [4.69, 9.17) is 10.6 Å². The molecule has 1 fully saturated rings. The van der Waals surface area contributed by atoms with Crippen LogP contribution in [0.3, 0.4) is 0 Å². The van der Waals surface area contributed by atoms with Gasteiger partial charge in [0.2, 0.25) is 11.9 Å². The maximum absolute atomic E-state index is 9.62. The Hall–Kier alpha value is -1.67. The number of aromatic nitrogens is 3. The third kappa shape index (κ3) is 3.21. The Kier molecular flexibility index (Phi) is 4.33. The van der Waals surface area contributed by atoms with E-state index in [0.29, 0.717) is 12.6 Å². The molecule has 2 unspecified atom stereocenters. The summed E-state index contributed by atoms with van der Waals surface area (Å²) in [5, 5.41) is 9.62. The Bertz CT molecular complexity index is 428. The minimum absolute atomic E-state index is 0.238. The van der Waals surface area contributed by atoms with Crippen LogP contribution in [0.25, 0.3) is 0 Å². The fourth-order valence-electron chi connectivity index (χ4n) is 2.11. The van der Waals surface area contributed by atoms with Crippen LogP contribution in [0.15, 0.2) is 0 Å². The predicted octanol–water partition coefficient (Wildman–Crippen LogP) is -0.237. The summed E-state index contributed by atoms with van der Waals surface area (Å²) in [6.07, 6.45) is 0.587. The minimum atomic E-state index is -0.328. The smallest absolute Gasteiger partial charge is 0.323 e. The highest BCUT2D eigenvalue weighted by Crippen LogP contribution is 2.24. The summed E-state index contributed by atoms with van der Waals surface area (Å²) in [6.45, 7) is 5.66. The second kappa shape index (κ2) is 5.98. The number of nitrogens with two attached hydrogens (primary N) is 1. The van der Waals surface area contributed by atoms with E-state index in [1.54, 1.807) is 6.92 Å². The Morgan fingerprint density at radius 3 is 2.89 bits per heavy atom. The van der Waals surface area contributed by atoms with Gasteiger partial charge in [-0.2, -0.15) is 15.0 Å². The van der Waals surface area contributed by atoms with E-state index in [0.717, 1.165) is 19.5 Å². The summed E-state index contributed by atoms with van der Waals surface area (Å²) >= 11 is 0. The van der Waals surface area contributed by atoms with Crippen molar-refractivity contribution < 1.29 is 9.84 Å². The zero-order valence-electron chi connectivity index (χ0n) is 11.2.